The van der Waals surface area contributed by atoms with Crippen LogP contribution in [0.15, 0.2) is 0 Å². The molecule has 0 aromatic carbocycles. The minimum atomic E-state index is -1.20. The fourth-order valence-corrected chi connectivity index (χ4v) is 9.17. The van der Waals surface area contributed by atoms with Crippen LogP contribution in [0.25, 0.3) is 0 Å². The van der Waals surface area contributed by atoms with Crippen LogP contribution in [0.1, 0.15) is 132 Å². The minimum absolute atomic E-state index is 0.0158. The Bertz CT molecular complexity index is 1250. The topological polar surface area (TPSA) is 160 Å². The lowest BCUT2D eigenvalue weighted by Crippen LogP contribution is -2.60. The van der Waals surface area contributed by atoms with Crippen LogP contribution in [0.4, 0.5) is 0 Å². The van der Waals surface area contributed by atoms with Crippen LogP contribution < -0.4 is 16.0 Å². The predicted molar refractivity (Wildman–Crippen MR) is 192 cm³/mol. The average Bonchev–Trinajstić information content (AvgIpc) is 3.52. The molecule has 4 aliphatic carbocycles. The number of likely N-dealkylation sites (tertiary alicyclic amines) is 1. The van der Waals surface area contributed by atoms with E-state index in [0.29, 0.717) is 43.6 Å². The van der Waals surface area contributed by atoms with Crippen molar-refractivity contribution < 1.29 is 38.2 Å². The van der Waals surface area contributed by atoms with E-state index in [-0.39, 0.29) is 48.5 Å². The Labute approximate surface area is 304 Å². The molecular formula is C39H64N4O8. The Morgan fingerprint density at radius 2 is 1.43 bits per heavy atom. The standard InChI is InChI=1S/C39H64N4O8/c1-9-15-50-36(48)32(24(4)5)42-33(45)28(12-13-31(44)51-38(6,7)8)40-34(46)29(16-23(2)3)41-35(47)30-11-10-14-43(30)37(49)39-20-25-17-26(21-39)19-27(18-25)22-39/h23-30,32H,9-22H2,1-8H3,(H,40,46)(H,41,47)(H,42,45)/t25?,26?,27?,28-,29-,30-,32-,39?/m0/s1. The SMILES string of the molecule is CCCOC(=O)[C@@H](NC(=O)[C@H](CCC(=O)OC(C)(C)C)NC(=O)[C@H](CC(C)C)NC(=O)[C@@H]1CCCN1C(=O)C12CC3CC(CC(C3)C1)C2)C(C)C. The van der Waals surface area contributed by atoms with E-state index in [0.717, 1.165) is 25.7 Å². The van der Waals surface area contributed by atoms with Crippen molar-refractivity contribution in [3.63, 3.8) is 0 Å². The van der Waals surface area contributed by atoms with Crippen molar-refractivity contribution in [3.8, 4) is 0 Å². The summed E-state index contributed by atoms with van der Waals surface area (Å²) in [7, 11) is 0. The molecule has 5 aliphatic rings. The Balaban J connectivity index is 1.48. The van der Waals surface area contributed by atoms with Crippen LogP contribution in [0.3, 0.4) is 0 Å². The number of nitrogens with one attached hydrogen (secondary N) is 3. The summed E-state index contributed by atoms with van der Waals surface area (Å²) < 4.78 is 10.8. The third-order valence-corrected chi connectivity index (χ3v) is 11.0. The molecule has 4 saturated carbocycles. The summed E-state index contributed by atoms with van der Waals surface area (Å²) >= 11 is 0. The van der Waals surface area contributed by atoms with Gasteiger partial charge in [0.25, 0.3) is 0 Å². The van der Waals surface area contributed by atoms with Gasteiger partial charge in [0.1, 0.15) is 29.8 Å². The van der Waals surface area contributed by atoms with Crippen molar-refractivity contribution in [2.24, 2.45) is 35.0 Å². The molecule has 0 spiro atoms. The lowest BCUT2D eigenvalue weighted by Gasteiger charge is -2.56. The zero-order valence-corrected chi connectivity index (χ0v) is 32.3. The zero-order chi connectivity index (χ0) is 37.7. The lowest BCUT2D eigenvalue weighted by molar-refractivity contribution is -0.160. The second kappa shape index (κ2) is 17.1. The maximum absolute atomic E-state index is 14.2. The molecule has 0 aromatic heterocycles. The average molecular weight is 717 g/mol. The van der Waals surface area contributed by atoms with Gasteiger partial charge in [-0.1, -0.05) is 34.6 Å². The summed E-state index contributed by atoms with van der Waals surface area (Å²) in [6, 6.07) is -3.80. The molecule has 0 radical (unpaired) electrons. The third kappa shape index (κ3) is 10.7. The second-order valence-corrected chi connectivity index (χ2v) is 17.6. The van der Waals surface area contributed by atoms with Crippen LogP contribution >= 0.6 is 0 Å². The first-order chi connectivity index (χ1) is 23.9. The van der Waals surface area contributed by atoms with Crippen LogP contribution in [0.5, 0.6) is 0 Å². The van der Waals surface area contributed by atoms with Crippen LogP contribution in [-0.2, 0) is 38.2 Å². The van der Waals surface area contributed by atoms with Crippen LogP contribution in [-0.4, -0.2) is 83.4 Å². The highest BCUT2D eigenvalue weighted by atomic mass is 16.6. The molecule has 5 fully saturated rings. The van der Waals surface area contributed by atoms with Gasteiger partial charge in [-0.3, -0.25) is 24.0 Å². The van der Waals surface area contributed by atoms with Crippen molar-refractivity contribution in [2.75, 3.05) is 13.2 Å². The van der Waals surface area contributed by atoms with Gasteiger partial charge in [-0.2, -0.15) is 0 Å². The maximum Gasteiger partial charge on any atom is 0.328 e. The number of hydrogen-bond acceptors (Lipinski definition) is 8. The van der Waals surface area contributed by atoms with Gasteiger partial charge in [0.2, 0.25) is 23.6 Å². The number of rotatable bonds is 16. The quantitative estimate of drug-likeness (QED) is 0.198. The zero-order valence-electron chi connectivity index (χ0n) is 32.3. The number of carbonyl (C=O) groups is 6. The van der Waals surface area contributed by atoms with E-state index < -0.39 is 53.5 Å². The van der Waals surface area contributed by atoms with Gasteiger partial charge >= 0.3 is 11.9 Å². The van der Waals surface area contributed by atoms with E-state index in [1.165, 1.54) is 19.3 Å². The Morgan fingerprint density at radius 3 is 1.96 bits per heavy atom. The highest BCUT2D eigenvalue weighted by Gasteiger charge is 2.57. The monoisotopic (exact) mass is 716 g/mol. The molecule has 288 valence electrons. The number of nitrogens with zero attached hydrogens (tertiary/aromatic N) is 1. The van der Waals surface area contributed by atoms with Gasteiger partial charge in [-0.15, -0.1) is 0 Å². The number of carbonyl (C=O) groups excluding carboxylic acids is 6. The first kappa shape index (κ1) is 40.6. The van der Waals surface area contributed by atoms with E-state index >= 15 is 0 Å². The molecule has 0 unspecified atom stereocenters. The van der Waals surface area contributed by atoms with E-state index in [1.54, 1.807) is 39.5 Å². The molecule has 4 atom stereocenters. The molecule has 12 heteroatoms. The molecule has 3 N–H and O–H groups in total. The van der Waals surface area contributed by atoms with Crippen molar-refractivity contribution in [1.29, 1.82) is 0 Å². The van der Waals surface area contributed by atoms with Gasteiger partial charge in [-0.25, -0.2) is 4.79 Å². The second-order valence-electron chi connectivity index (χ2n) is 17.6. The fraction of sp³-hybridized carbons (Fsp3) is 0.846. The smallest absolute Gasteiger partial charge is 0.328 e. The van der Waals surface area contributed by atoms with Crippen molar-refractivity contribution in [2.45, 2.75) is 162 Å². The molecule has 4 amide bonds. The van der Waals surface area contributed by atoms with E-state index in [9.17, 15) is 28.8 Å². The molecule has 0 aromatic rings. The minimum Gasteiger partial charge on any atom is -0.464 e. The number of hydrogen-bond donors (Lipinski definition) is 3. The maximum atomic E-state index is 14.2. The summed E-state index contributed by atoms with van der Waals surface area (Å²) in [6.45, 7) is 15.3. The van der Waals surface area contributed by atoms with Gasteiger partial charge < -0.3 is 30.3 Å². The van der Waals surface area contributed by atoms with Gasteiger partial charge in [0, 0.05) is 13.0 Å². The summed E-state index contributed by atoms with van der Waals surface area (Å²) in [5.41, 5.74) is -1.10. The normalized spacial score (nSPS) is 27.1. The van der Waals surface area contributed by atoms with Crippen LogP contribution in [0, 0.1) is 35.0 Å². The Hall–Kier alpha value is -3.18. The molecule has 1 saturated heterocycles. The van der Waals surface area contributed by atoms with Crippen LogP contribution in [0.2, 0.25) is 0 Å². The summed E-state index contributed by atoms with van der Waals surface area (Å²) in [5.74, 6) is -1.05. The number of amides is 4. The van der Waals surface area contributed by atoms with Gasteiger partial charge in [-0.05, 0) is 121 Å². The first-order valence-corrected chi connectivity index (χ1v) is 19.5. The van der Waals surface area contributed by atoms with E-state index in [2.05, 4.69) is 16.0 Å². The third-order valence-electron chi connectivity index (χ3n) is 11.0. The van der Waals surface area contributed by atoms with Crippen molar-refractivity contribution in [1.82, 2.24) is 20.9 Å². The van der Waals surface area contributed by atoms with E-state index in [4.69, 9.17) is 9.47 Å². The summed E-state index contributed by atoms with van der Waals surface area (Å²) in [6.07, 6.45) is 8.36. The Kier molecular flexibility index (Phi) is 13.6. The molecule has 1 aliphatic heterocycles. The number of ether oxygens (including phenoxy) is 2. The van der Waals surface area contributed by atoms with Gasteiger partial charge in [0.05, 0.1) is 12.0 Å². The highest BCUT2D eigenvalue weighted by molar-refractivity contribution is 5.96. The Morgan fingerprint density at radius 1 is 0.843 bits per heavy atom. The largest absolute Gasteiger partial charge is 0.464 e. The lowest BCUT2D eigenvalue weighted by atomic mass is 9.49. The highest BCUT2D eigenvalue weighted by Crippen LogP contribution is 2.60. The molecule has 1 heterocycles. The molecule has 4 bridgehead atoms. The molecule has 51 heavy (non-hydrogen) atoms. The van der Waals surface area contributed by atoms with Crippen molar-refractivity contribution >= 4 is 35.6 Å². The summed E-state index contributed by atoms with van der Waals surface area (Å²) in [5, 5.41) is 8.46. The molecule has 12 nitrogen and oxygen atoms in total. The van der Waals surface area contributed by atoms with E-state index in [1.807, 2.05) is 20.8 Å². The number of esters is 2. The van der Waals surface area contributed by atoms with Gasteiger partial charge in [0.15, 0.2) is 0 Å². The fourth-order valence-electron chi connectivity index (χ4n) is 9.17. The van der Waals surface area contributed by atoms with Crippen molar-refractivity contribution in [3.05, 3.63) is 0 Å². The molecule has 5 rings (SSSR count). The molecular weight excluding hydrogens is 652 g/mol. The summed E-state index contributed by atoms with van der Waals surface area (Å²) in [4.78, 5) is 83.1. The predicted octanol–water partition coefficient (Wildman–Crippen LogP) is 4.43. The first-order valence-electron chi connectivity index (χ1n) is 19.5.